The molecule has 0 spiro atoms. The minimum absolute atomic E-state index is 0.0325. The Bertz CT molecular complexity index is 2030. The molecule has 8 nitrogen and oxygen atoms in total. The van der Waals surface area contributed by atoms with E-state index in [9.17, 15) is 0 Å². The van der Waals surface area contributed by atoms with Gasteiger partial charge in [0, 0.05) is 47.8 Å². The number of terminal acetylenes is 1. The number of fused-ring (bicyclic) bond motifs is 4. The number of ether oxygens (including phenoxy) is 2. The van der Waals surface area contributed by atoms with E-state index < -0.39 is 30.1 Å². The summed E-state index contributed by atoms with van der Waals surface area (Å²) >= 11 is 13.1. The molecule has 1 saturated carbocycles. The van der Waals surface area contributed by atoms with Gasteiger partial charge in [-0.05, 0) is 49.9 Å². The van der Waals surface area contributed by atoms with Crippen LogP contribution >= 0.6 is 23.2 Å². The zero-order valence-corrected chi connectivity index (χ0v) is 26.5. The Labute approximate surface area is 278 Å². The fourth-order valence-electron chi connectivity index (χ4n) is 7.65. The van der Waals surface area contributed by atoms with Gasteiger partial charge in [-0.3, -0.25) is 9.88 Å². The predicted molar refractivity (Wildman–Crippen MR) is 176 cm³/mol. The van der Waals surface area contributed by atoms with Crippen LogP contribution in [0.15, 0.2) is 30.5 Å². The molecule has 0 bridgehead atoms. The topological polar surface area (TPSA) is 89.6 Å². The average Bonchev–Trinajstić information content (AvgIpc) is 3.45. The summed E-state index contributed by atoms with van der Waals surface area (Å²) in [6.45, 7) is 1.16. The molecular formula is C34H32Cl2F2N6O2. The minimum atomic E-state index is -2.41. The van der Waals surface area contributed by atoms with Gasteiger partial charge in [-0.15, -0.1) is 18.0 Å². The van der Waals surface area contributed by atoms with Crippen molar-refractivity contribution in [3.63, 3.8) is 0 Å². The molecule has 0 unspecified atom stereocenters. The Hall–Kier alpha value is -3.49. The second kappa shape index (κ2) is 11.1. The van der Waals surface area contributed by atoms with Crippen LogP contribution in [0.25, 0.3) is 32.9 Å². The summed E-state index contributed by atoms with van der Waals surface area (Å²) in [4.78, 5) is 17.5. The summed E-state index contributed by atoms with van der Waals surface area (Å²) in [6.07, 6.45) is 7.17. The monoisotopic (exact) mass is 666 g/mol. The normalized spacial score (nSPS) is 30.0. The first kappa shape index (κ1) is 27.6. The smallest absolute Gasteiger partial charge is 0.319 e. The molecule has 0 radical (unpaired) electrons. The summed E-state index contributed by atoms with van der Waals surface area (Å²) in [7, 11) is 0. The molecule has 238 valence electrons. The maximum absolute atomic E-state index is 17.0. The molecule has 5 heterocycles. The van der Waals surface area contributed by atoms with E-state index in [1.807, 2.05) is 9.80 Å². The number of aromatic nitrogens is 3. The van der Waals surface area contributed by atoms with Crippen LogP contribution in [-0.4, -0.2) is 81.9 Å². The number of hydrogen-bond donors (Lipinski definition) is 1. The molecule has 46 heavy (non-hydrogen) atoms. The van der Waals surface area contributed by atoms with E-state index >= 15 is 8.78 Å². The highest BCUT2D eigenvalue weighted by atomic mass is 35.5. The SMILES string of the molecule is [2H]C([2H])(Oc1nc(N2CCOC[C@@H]3[C@@H](Cl)[C@@H]32)c2cnc(-c3cc(N)cc4ccc(Cl)c(C#C)c34)c(F)c2n1)[C@@]12CCCN1[C@H](C)[C@H](F)C2. The summed E-state index contributed by atoms with van der Waals surface area (Å²) in [5.74, 6) is 2.13. The van der Waals surface area contributed by atoms with Gasteiger partial charge < -0.3 is 20.1 Å². The van der Waals surface area contributed by atoms with Gasteiger partial charge in [-0.2, -0.15) is 9.97 Å². The van der Waals surface area contributed by atoms with E-state index in [1.54, 1.807) is 31.2 Å². The van der Waals surface area contributed by atoms with Crippen molar-refractivity contribution in [2.45, 2.75) is 55.4 Å². The van der Waals surface area contributed by atoms with Crippen LogP contribution in [0.2, 0.25) is 5.02 Å². The zero-order chi connectivity index (χ0) is 33.7. The number of nitrogens with two attached hydrogens (primary N) is 1. The van der Waals surface area contributed by atoms with E-state index in [1.165, 1.54) is 6.20 Å². The highest BCUT2D eigenvalue weighted by Crippen LogP contribution is 2.47. The molecule has 0 amide bonds. The van der Waals surface area contributed by atoms with E-state index in [2.05, 4.69) is 20.9 Å². The highest BCUT2D eigenvalue weighted by Gasteiger charge is 2.55. The fourth-order valence-corrected chi connectivity index (χ4v) is 8.32. The number of nitrogens with zero attached hydrogens (tertiary/aromatic N) is 5. The lowest BCUT2D eigenvalue weighted by Crippen LogP contribution is -2.46. The molecular weight excluding hydrogens is 633 g/mol. The average molecular weight is 668 g/mol. The Morgan fingerprint density at radius 3 is 2.98 bits per heavy atom. The molecule has 4 aliphatic rings. The third kappa shape index (κ3) is 4.58. The maximum atomic E-state index is 17.0. The largest absolute Gasteiger partial charge is 0.461 e. The number of benzene rings is 2. The van der Waals surface area contributed by atoms with E-state index in [0.29, 0.717) is 77.6 Å². The van der Waals surface area contributed by atoms with Gasteiger partial charge in [0.15, 0.2) is 5.82 Å². The number of nitrogen functional groups attached to an aromatic ring is 1. The van der Waals surface area contributed by atoms with Crippen LogP contribution in [0.4, 0.5) is 20.3 Å². The lowest BCUT2D eigenvalue weighted by atomic mass is 9.94. The number of pyridine rings is 1. The molecule has 2 aromatic carbocycles. The number of halogens is 4. The Kier molecular flexibility index (Phi) is 6.63. The number of hydrogen-bond acceptors (Lipinski definition) is 8. The summed E-state index contributed by atoms with van der Waals surface area (Å²) < 4.78 is 62.2. The highest BCUT2D eigenvalue weighted by molar-refractivity contribution is 6.33. The molecule has 2 N–H and O–H groups in total. The van der Waals surface area contributed by atoms with Gasteiger partial charge in [0.25, 0.3) is 0 Å². The van der Waals surface area contributed by atoms with Crippen molar-refractivity contribution in [2.24, 2.45) is 5.92 Å². The first-order valence-electron chi connectivity index (χ1n) is 16.4. The lowest BCUT2D eigenvalue weighted by molar-refractivity contribution is 0.0879. The van der Waals surface area contributed by atoms with Crippen molar-refractivity contribution in [2.75, 3.05) is 43.5 Å². The molecule has 3 aliphatic heterocycles. The molecule has 6 atom stereocenters. The quantitative estimate of drug-likeness (QED) is 0.158. The number of rotatable bonds is 5. The Morgan fingerprint density at radius 2 is 2.15 bits per heavy atom. The molecule has 2 aromatic heterocycles. The summed E-state index contributed by atoms with van der Waals surface area (Å²) in [5, 5.41) is 1.53. The lowest BCUT2D eigenvalue weighted by Gasteiger charge is -2.33. The van der Waals surface area contributed by atoms with E-state index in [-0.39, 0.29) is 46.4 Å². The van der Waals surface area contributed by atoms with Crippen LogP contribution < -0.4 is 15.4 Å². The predicted octanol–water partition coefficient (Wildman–Crippen LogP) is 5.99. The van der Waals surface area contributed by atoms with Crippen LogP contribution in [0.3, 0.4) is 0 Å². The van der Waals surface area contributed by atoms with Gasteiger partial charge in [0.1, 0.15) is 29.8 Å². The van der Waals surface area contributed by atoms with Gasteiger partial charge in [-0.1, -0.05) is 23.6 Å². The minimum Gasteiger partial charge on any atom is -0.461 e. The Morgan fingerprint density at radius 1 is 1.30 bits per heavy atom. The van der Waals surface area contributed by atoms with Crippen molar-refractivity contribution >= 4 is 56.4 Å². The second-order valence-corrected chi connectivity index (χ2v) is 13.5. The van der Waals surface area contributed by atoms with E-state index in [4.69, 9.17) is 47.6 Å². The molecule has 1 aliphatic carbocycles. The van der Waals surface area contributed by atoms with E-state index in [0.717, 1.165) is 0 Å². The summed E-state index contributed by atoms with van der Waals surface area (Å²) in [6, 6.07) is 5.71. The molecule has 8 rings (SSSR count). The van der Waals surface area contributed by atoms with Gasteiger partial charge in [0.05, 0.1) is 48.9 Å². The third-order valence-corrected chi connectivity index (χ3v) is 10.9. The molecule has 4 fully saturated rings. The fraction of sp³-hybridized carbons (Fsp3) is 0.441. The van der Waals surface area contributed by atoms with Crippen LogP contribution in [0, 0.1) is 24.1 Å². The second-order valence-electron chi connectivity index (χ2n) is 12.6. The van der Waals surface area contributed by atoms with Crippen LogP contribution in [-0.2, 0) is 4.74 Å². The Balaban J connectivity index is 1.32. The maximum Gasteiger partial charge on any atom is 0.319 e. The standard InChI is InChI=1S/C34H32Cl2F2N6O2/c1-3-20-24(35)6-5-18-11-19(39)12-21(26(18)20)29-28(38)30-22(14-40-29)32(43-9-10-45-15-23-27(36)31(23)43)42-33(41-30)46-16-34-7-4-8-44(34)17(2)25(37)13-34/h1,5-6,11-12,14,17,23,25,27,31H,4,7-10,13,15-16,39H2,2H3/t17-,23-,25-,27-,31-,34+/m1/s1/i16D2. The molecule has 12 heteroatoms. The zero-order valence-electron chi connectivity index (χ0n) is 26.9. The summed E-state index contributed by atoms with van der Waals surface area (Å²) in [5.41, 5.74) is 5.84. The first-order valence-corrected chi connectivity index (χ1v) is 16.2. The van der Waals surface area contributed by atoms with Crippen LogP contribution in [0.1, 0.15) is 34.5 Å². The number of anilines is 2. The first-order chi connectivity index (χ1) is 23.0. The molecule has 4 aromatic rings. The van der Waals surface area contributed by atoms with Crippen molar-refractivity contribution in [1.82, 2.24) is 19.9 Å². The van der Waals surface area contributed by atoms with Crippen molar-refractivity contribution in [3.05, 3.63) is 46.9 Å². The third-order valence-electron chi connectivity index (χ3n) is 10.0. The van der Waals surface area contributed by atoms with Crippen molar-refractivity contribution in [3.8, 4) is 29.6 Å². The van der Waals surface area contributed by atoms with Gasteiger partial charge in [-0.25, -0.2) is 8.78 Å². The van der Waals surface area contributed by atoms with Crippen molar-refractivity contribution in [1.29, 1.82) is 0 Å². The van der Waals surface area contributed by atoms with Crippen molar-refractivity contribution < 1.29 is 21.0 Å². The number of alkyl halides is 2. The van der Waals surface area contributed by atoms with Gasteiger partial charge in [0.2, 0.25) is 0 Å². The molecule has 3 saturated heterocycles. The van der Waals surface area contributed by atoms with Crippen LogP contribution in [0.5, 0.6) is 6.01 Å². The van der Waals surface area contributed by atoms with Gasteiger partial charge >= 0.3 is 6.01 Å².